The number of carbonyl (C=O) groups is 1. The van der Waals surface area contributed by atoms with Crippen molar-refractivity contribution in [1.82, 2.24) is 4.90 Å². The number of carbonyl (C=O) groups excluding carboxylic acids is 1. The van der Waals surface area contributed by atoms with Gasteiger partial charge >= 0.3 is 6.18 Å². The van der Waals surface area contributed by atoms with Crippen molar-refractivity contribution in [2.75, 3.05) is 26.7 Å². The summed E-state index contributed by atoms with van der Waals surface area (Å²) in [6.45, 7) is 0.537. The van der Waals surface area contributed by atoms with E-state index in [4.69, 9.17) is 10.5 Å². The third-order valence-electron chi connectivity index (χ3n) is 3.31. The smallest absolute Gasteiger partial charge is 0.380 e. The summed E-state index contributed by atoms with van der Waals surface area (Å²) in [5.41, 5.74) is 5.40. The summed E-state index contributed by atoms with van der Waals surface area (Å²) in [5.74, 6) is -1.47. The first-order chi connectivity index (χ1) is 8.38. The van der Waals surface area contributed by atoms with Crippen molar-refractivity contribution >= 4 is 18.3 Å². The van der Waals surface area contributed by atoms with Gasteiger partial charge in [-0.3, -0.25) is 4.79 Å². The van der Waals surface area contributed by atoms with E-state index in [0.717, 1.165) is 0 Å². The van der Waals surface area contributed by atoms with Gasteiger partial charge < -0.3 is 15.4 Å². The highest BCUT2D eigenvalue weighted by molar-refractivity contribution is 5.85. The molecule has 0 aromatic rings. The van der Waals surface area contributed by atoms with Crippen LogP contribution in [-0.4, -0.2) is 49.8 Å². The lowest BCUT2D eigenvalue weighted by molar-refractivity contribution is -0.186. The molecule has 1 fully saturated rings. The third-order valence-corrected chi connectivity index (χ3v) is 3.31. The molecule has 1 rings (SSSR count). The number of piperidine rings is 1. The van der Waals surface area contributed by atoms with Crippen LogP contribution in [0.4, 0.5) is 13.2 Å². The maximum Gasteiger partial charge on any atom is 0.391 e. The van der Waals surface area contributed by atoms with Crippen LogP contribution in [0.1, 0.15) is 19.3 Å². The van der Waals surface area contributed by atoms with Crippen molar-refractivity contribution in [3.63, 3.8) is 0 Å². The van der Waals surface area contributed by atoms with Crippen LogP contribution < -0.4 is 5.73 Å². The van der Waals surface area contributed by atoms with E-state index in [1.165, 1.54) is 12.0 Å². The minimum atomic E-state index is -4.15. The molecule has 8 heteroatoms. The van der Waals surface area contributed by atoms with Crippen LogP contribution in [-0.2, 0) is 9.53 Å². The molecule has 1 atom stereocenters. The molecule has 0 aromatic carbocycles. The maximum absolute atomic E-state index is 12.4. The molecular weight excluding hydrogens is 285 g/mol. The molecule has 0 aliphatic carbocycles. The van der Waals surface area contributed by atoms with Gasteiger partial charge in [-0.15, -0.1) is 12.4 Å². The monoisotopic (exact) mass is 304 g/mol. The number of nitrogens with zero attached hydrogens (tertiary/aromatic N) is 1. The Kier molecular flexibility index (Phi) is 7.69. The normalized spacial score (nSPS) is 18.9. The summed E-state index contributed by atoms with van der Waals surface area (Å²) < 4.78 is 42.3. The van der Waals surface area contributed by atoms with E-state index >= 15 is 0 Å². The van der Waals surface area contributed by atoms with Crippen LogP contribution in [0.5, 0.6) is 0 Å². The lowest BCUT2D eigenvalue weighted by Crippen LogP contribution is -2.43. The number of amides is 1. The molecule has 1 aliphatic rings. The topological polar surface area (TPSA) is 55.6 Å². The largest absolute Gasteiger partial charge is 0.391 e. The summed E-state index contributed by atoms with van der Waals surface area (Å²) in [5, 5.41) is 0. The Balaban J connectivity index is 0.00000324. The van der Waals surface area contributed by atoms with Crippen molar-refractivity contribution < 1.29 is 22.7 Å². The quantitative estimate of drug-likeness (QED) is 0.858. The van der Waals surface area contributed by atoms with E-state index < -0.39 is 12.1 Å². The molecule has 4 nitrogen and oxygen atoms in total. The van der Waals surface area contributed by atoms with E-state index in [2.05, 4.69) is 0 Å². The number of ether oxygens (including phenoxy) is 1. The molecule has 0 aromatic heterocycles. The highest BCUT2D eigenvalue weighted by Gasteiger charge is 2.41. The van der Waals surface area contributed by atoms with Gasteiger partial charge in [-0.05, 0) is 12.8 Å². The van der Waals surface area contributed by atoms with E-state index in [0.29, 0.717) is 0 Å². The number of likely N-dealkylation sites (tertiary alicyclic amines) is 1. The Labute approximate surface area is 116 Å². The van der Waals surface area contributed by atoms with Crippen molar-refractivity contribution in [2.45, 2.75) is 31.5 Å². The highest BCUT2D eigenvalue weighted by atomic mass is 35.5. The molecule has 2 N–H and O–H groups in total. The first kappa shape index (κ1) is 18.5. The van der Waals surface area contributed by atoms with Crippen molar-refractivity contribution in [1.29, 1.82) is 0 Å². The molecule has 1 unspecified atom stereocenters. The standard InChI is InChI=1S/C11H19F3N2O2.ClH/c1-18-9(7-15)6-10(17)16-4-2-8(3-5-16)11(12,13)14;/h8-9H,2-7,15H2,1H3;1H. The molecule has 0 bridgehead atoms. The molecule has 1 amide bonds. The fourth-order valence-corrected chi connectivity index (χ4v) is 2.04. The zero-order valence-corrected chi connectivity index (χ0v) is 11.6. The van der Waals surface area contributed by atoms with Gasteiger partial charge in [0.05, 0.1) is 18.4 Å². The number of hydrogen-bond acceptors (Lipinski definition) is 3. The SMILES string of the molecule is COC(CN)CC(=O)N1CCC(C(F)(F)F)CC1.Cl. The average molecular weight is 305 g/mol. The van der Waals surface area contributed by atoms with Crippen LogP contribution in [0.15, 0.2) is 0 Å². The van der Waals surface area contributed by atoms with Gasteiger partial charge in [-0.1, -0.05) is 0 Å². The summed E-state index contributed by atoms with van der Waals surface area (Å²) >= 11 is 0. The summed E-state index contributed by atoms with van der Waals surface area (Å²) in [4.78, 5) is 13.3. The van der Waals surface area contributed by atoms with Gasteiger partial charge in [0.15, 0.2) is 0 Å². The Morgan fingerprint density at radius 3 is 2.32 bits per heavy atom. The van der Waals surface area contributed by atoms with Gasteiger partial charge in [-0.2, -0.15) is 13.2 Å². The second-order valence-corrected chi connectivity index (χ2v) is 4.49. The predicted octanol–water partition coefficient (Wildman–Crippen LogP) is 1.57. The molecule has 114 valence electrons. The third kappa shape index (κ3) is 5.54. The Morgan fingerprint density at radius 2 is 1.95 bits per heavy atom. The first-order valence-corrected chi connectivity index (χ1v) is 5.95. The van der Waals surface area contributed by atoms with E-state index in [-0.39, 0.29) is 63.3 Å². The summed E-state index contributed by atoms with van der Waals surface area (Å²) in [6, 6.07) is 0. The number of hydrogen-bond donors (Lipinski definition) is 1. The number of rotatable bonds is 4. The Hall–Kier alpha value is -0.530. The number of halogens is 4. The zero-order valence-electron chi connectivity index (χ0n) is 10.8. The molecule has 0 spiro atoms. The van der Waals surface area contributed by atoms with E-state index in [1.807, 2.05) is 0 Å². The zero-order chi connectivity index (χ0) is 13.8. The Bertz CT molecular complexity index is 278. The summed E-state index contributed by atoms with van der Waals surface area (Å²) in [7, 11) is 1.46. The van der Waals surface area contributed by atoms with Crippen LogP contribution in [0.2, 0.25) is 0 Å². The number of nitrogens with two attached hydrogens (primary N) is 1. The average Bonchev–Trinajstić information content (AvgIpc) is 2.34. The molecule has 19 heavy (non-hydrogen) atoms. The van der Waals surface area contributed by atoms with E-state index in [9.17, 15) is 18.0 Å². The number of methoxy groups -OCH3 is 1. The van der Waals surface area contributed by atoms with E-state index in [1.54, 1.807) is 0 Å². The van der Waals surface area contributed by atoms with Gasteiger partial charge in [0.1, 0.15) is 0 Å². The van der Waals surface area contributed by atoms with Crippen molar-refractivity contribution in [2.24, 2.45) is 11.7 Å². The van der Waals surface area contributed by atoms with Gasteiger partial charge in [0, 0.05) is 26.7 Å². The maximum atomic E-state index is 12.4. The van der Waals surface area contributed by atoms with Crippen LogP contribution in [0.3, 0.4) is 0 Å². The first-order valence-electron chi connectivity index (χ1n) is 5.95. The molecular formula is C11H20ClF3N2O2. The second kappa shape index (κ2) is 7.91. The molecule has 1 saturated heterocycles. The van der Waals surface area contributed by atoms with Gasteiger partial charge in [0.25, 0.3) is 0 Å². The molecule has 1 aliphatic heterocycles. The van der Waals surface area contributed by atoms with Gasteiger partial charge in [-0.25, -0.2) is 0 Å². The van der Waals surface area contributed by atoms with Crippen LogP contribution in [0, 0.1) is 5.92 Å². The van der Waals surface area contributed by atoms with Crippen LogP contribution >= 0.6 is 12.4 Å². The van der Waals surface area contributed by atoms with Crippen molar-refractivity contribution in [3.05, 3.63) is 0 Å². The van der Waals surface area contributed by atoms with Gasteiger partial charge in [0.2, 0.25) is 5.91 Å². The molecule has 0 radical (unpaired) electrons. The molecule has 0 saturated carbocycles. The summed E-state index contributed by atoms with van der Waals surface area (Å²) in [6.07, 6.45) is -4.42. The Morgan fingerprint density at radius 1 is 1.42 bits per heavy atom. The second-order valence-electron chi connectivity index (χ2n) is 4.49. The predicted molar refractivity (Wildman–Crippen MR) is 67.1 cm³/mol. The fraction of sp³-hybridized carbons (Fsp3) is 0.909. The fourth-order valence-electron chi connectivity index (χ4n) is 2.04. The number of alkyl halides is 3. The van der Waals surface area contributed by atoms with Crippen molar-refractivity contribution in [3.8, 4) is 0 Å². The minimum absolute atomic E-state index is 0. The lowest BCUT2D eigenvalue weighted by Gasteiger charge is -2.33. The lowest BCUT2D eigenvalue weighted by atomic mass is 9.96. The van der Waals surface area contributed by atoms with Crippen LogP contribution in [0.25, 0.3) is 0 Å². The molecule has 1 heterocycles. The highest BCUT2D eigenvalue weighted by Crippen LogP contribution is 2.34. The minimum Gasteiger partial charge on any atom is -0.380 e.